The van der Waals surface area contributed by atoms with Gasteiger partial charge in [-0.3, -0.25) is 4.68 Å². The normalized spacial score (nSPS) is 18.3. The van der Waals surface area contributed by atoms with E-state index in [-0.39, 0.29) is 41.8 Å². The van der Waals surface area contributed by atoms with Crippen LogP contribution in [-0.2, 0) is 27.3 Å². The molecule has 210 valence electrons. The van der Waals surface area contributed by atoms with Crippen LogP contribution in [0.4, 0.5) is 14.5 Å². The molecule has 1 aliphatic carbocycles. The Morgan fingerprint density at radius 3 is 2.33 bits per heavy atom. The van der Waals surface area contributed by atoms with Crippen molar-refractivity contribution in [2.75, 3.05) is 45.2 Å². The van der Waals surface area contributed by atoms with Gasteiger partial charge in [-0.2, -0.15) is 32.1 Å². The quantitative estimate of drug-likeness (QED) is 0.402. The van der Waals surface area contributed by atoms with Crippen LogP contribution in [0.3, 0.4) is 0 Å². The molecule has 1 N–H and O–H groups in total. The number of rotatable bonds is 8. The minimum atomic E-state index is -4.17. The van der Waals surface area contributed by atoms with Crippen molar-refractivity contribution >= 4 is 48.2 Å². The lowest BCUT2D eigenvalue weighted by molar-refractivity contribution is 0.150. The predicted octanol–water partition coefficient (Wildman–Crippen LogP) is 1.29. The van der Waals surface area contributed by atoms with Crippen LogP contribution in [0.1, 0.15) is 24.3 Å². The number of fused-ring (bicyclic) bond motifs is 1. The molecule has 1 saturated carbocycles. The molecule has 2 aliphatic rings. The van der Waals surface area contributed by atoms with Gasteiger partial charge >= 0.3 is 0 Å². The molecule has 0 radical (unpaired) electrons. The van der Waals surface area contributed by atoms with Crippen molar-refractivity contribution in [3.63, 3.8) is 0 Å². The highest BCUT2D eigenvalue weighted by Crippen LogP contribution is 2.40. The molecular formula is C21H25F2N9O4S3. The Kier molecular flexibility index (Phi) is 6.88. The van der Waals surface area contributed by atoms with E-state index in [0.717, 1.165) is 4.31 Å². The minimum absolute atomic E-state index is 0.0990. The lowest BCUT2D eigenvalue weighted by Gasteiger charge is -2.36. The highest BCUT2D eigenvalue weighted by Gasteiger charge is 2.47. The van der Waals surface area contributed by atoms with Crippen molar-refractivity contribution in [3.05, 3.63) is 17.1 Å². The van der Waals surface area contributed by atoms with Gasteiger partial charge in [-0.25, -0.2) is 17.2 Å². The smallest absolute Gasteiger partial charge is 0.291 e. The first-order chi connectivity index (χ1) is 18.3. The van der Waals surface area contributed by atoms with Crippen molar-refractivity contribution < 1.29 is 25.6 Å². The number of aryl methyl sites for hydroxylation is 1. The Balaban J connectivity index is 1.62. The number of anilines is 1. The standard InChI is InChI=1S/C21H25F2N9O4S3/c1-29(2)39(35,36)32-8-6-31(7-9-32)15-11-13(38(33,34)28-21(12-24)4-5-21)10-14-16(27-30(3)17(14)15)19-25-26-20(37-19)18(22)23/h10-11,18,28H,4-9H2,1-3H3. The largest absolute Gasteiger partial charge is 0.367 e. The summed E-state index contributed by atoms with van der Waals surface area (Å²) < 4.78 is 84.9. The average molecular weight is 602 g/mol. The third-order valence-corrected chi connectivity index (χ3v) is 11.1. The van der Waals surface area contributed by atoms with E-state index in [4.69, 9.17) is 0 Å². The SMILES string of the molecule is CN(C)S(=O)(=O)N1CCN(c2cc(S(=O)(=O)NC3(C#N)CC3)cc3c(-c4nnc(C(F)F)s4)nn(C)c23)CC1. The maximum Gasteiger partial charge on any atom is 0.291 e. The second kappa shape index (κ2) is 9.67. The summed E-state index contributed by atoms with van der Waals surface area (Å²) in [5, 5.41) is 21.2. The third kappa shape index (κ3) is 4.98. The lowest BCUT2D eigenvalue weighted by Crippen LogP contribution is -2.51. The first-order valence-corrected chi connectivity index (χ1v) is 15.5. The number of piperazine rings is 1. The Labute approximate surface area is 227 Å². The summed E-state index contributed by atoms with van der Waals surface area (Å²) in [5.74, 6) is 0. The topological polar surface area (TPSA) is 157 Å². The zero-order chi connectivity index (χ0) is 28.3. The number of aromatic nitrogens is 4. The molecule has 18 heteroatoms. The van der Waals surface area contributed by atoms with Gasteiger partial charge in [0.05, 0.1) is 22.2 Å². The number of nitrogens with zero attached hydrogens (tertiary/aromatic N) is 8. The molecule has 0 unspecified atom stereocenters. The number of hydrogen-bond acceptors (Lipinski definition) is 10. The van der Waals surface area contributed by atoms with E-state index in [9.17, 15) is 30.9 Å². The molecule has 0 amide bonds. The van der Waals surface area contributed by atoms with E-state index >= 15 is 0 Å². The molecule has 1 saturated heterocycles. The van der Waals surface area contributed by atoms with E-state index < -0.39 is 37.2 Å². The molecule has 0 spiro atoms. The van der Waals surface area contributed by atoms with E-state index in [1.54, 1.807) is 7.05 Å². The van der Waals surface area contributed by atoms with Gasteiger partial charge in [-0.1, -0.05) is 11.3 Å². The van der Waals surface area contributed by atoms with Crippen molar-refractivity contribution in [1.29, 1.82) is 5.26 Å². The Morgan fingerprint density at radius 1 is 1.13 bits per heavy atom. The molecule has 2 aromatic heterocycles. The summed E-state index contributed by atoms with van der Waals surface area (Å²) in [6, 6.07) is 4.85. The summed E-state index contributed by atoms with van der Waals surface area (Å²) in [4.78, 5) is 1.72. The molecule has 2 fully saturated rings. The van der Waals surface area contributed by atoms with Crippen LogP contribution in [0.25, 0.3) is 21.6 Å². The minimum Gasteiger partial charge on any atom is -0.367 e. The second-order valence-corrected chi connectivity index (χ2v) is 14.4. The summed E-state index contributed by atoms with van der Waals surface area (Å²) >= 11 is 0.659. The summed E-state index contributed by atoms with van der Waals surface area (Å²) in [6.07, 6.45) is -2.05. The molecule has 5 rings (SSSR count). The van der Waals surface area contributed by atoms with E-state index in [1.807, 2.05) is 11.0 Å². The van der Waals surface area contributed by atoms with Gasteiger partial charge in [0.1, 0.15) is 11.2 Å². The number of benzene rings is 1. The Hall–Kier alpha value is -2.82. The fourth-order valence-electron chi connectivity index (χ4n) is 4.41. The fourth-order valence-corrected chi connectivity index (χ4v) is 7.62. The molecule has 1 aromatic carbocycles. The lowest BCUT2D eigenvalue weighted by atomic mass is 10.1. The van der Waals surface area contributed by atoms with Crippen LogP contribution < -0.4 is 9.62 Å². The third-order valence-electron chi connectivity index (χ3n) is 6.69. The molecule has 39 heavy (non-hydrogen) atoms. The van der Waals surface area contributed by atoms with Crippen molar-refractivity contribution in [2.45, 2.75) is 29.7 Å². The van der Waals surface area contributed by atoms with Crippen LogP contribution in [0.5, 0.6) is 0 Å². The zero-order valence-electron chi connectivity index (χ0n) is 21.2. The maximum absolute atomic E-state index is 13.4. The Morgan fingerprint density at radius 2 is 1.79 bits per heavy atom. The van der Waals surface area contributed by atoms with Crippen LogP contribution in [0.2, 0.25) is 0 Å². The number of halogens is 2. The number of sulfonamides is 1. The molecule has 3 heterocycles. The van der Waals surface area contributed by atoms with Gasteiger partial charge in [-0.15, -0.1) is 10.2 Å². The van der Waals surface area contributed by atoms with Gasteiger partial charge < -0.3 is 4.90 Å². The van der Waals surface area contributed by atoms with Crippen LogP contribution in [-0.4, -0.2) is 91.2 Å². The van der Waals surface area contributed by atoms with Crippen LogP contribution in [0.15, 0.2) is 17.0 Å². The number of nitrogens with one attached hydrogen (secondary N) is 1. The fraction of sp³-hybridized carbons (Fsp3) is 0.524. The van der Waals surface area contributed by atoms with Gasteiger partial charge in [0, 0.05) is 52.7 Å². The number of nitriles is 1. The van der Waals surface area contributed by atoms with Crippen molar-refractivity contribution in [2.24, 2.45) is 7.05 Å². The van der Waals surface area contributed by atoms with E-state index in [1.165, 1.54) is 35.2 Å². The second-order valence-electron chi connectivity index (χ2n) is 9.53. The summed E-state index contributed by atoms with van der Waals surface area (Å²) in [5.41, 5.74) is 0.00784. The zero-order valence-corrected chi connectivity index (χ0v) is 23.6. The predicted molar refractivity (Wildman–Crippen MR) is 139 cm³/mol. The van der Waals surface area contributed by atoms with Gasteiger partial charge in [0.25, 0.3) is 16.6 Å². The van der Waals surface area contributed by atoms with Crippen LogP contribution >= 0.6 is 11.3 Å². The van der Waals surface area contributed by atoms with Gasteiger partial charge in [0.15, 0.2) is 10.0 Å². The highest BCUT2D eigenvalue weighted by molar-refractivity contribution is 7.89. The Bertz CT molecular complexity index is 1680. The van der Waals surface area contributed by atoms with Gasteiger partial charge in [0.2, 0.25) is 10.0 Å². The van der Waals surface area contributed by atoms with Crippen LogP contribution in [0, 0.1) is 11.3 Å². The molecular weight excluding hydrogens is 576 g/mol. The summed E-state index contributed by atoms with van der Waals surface area (Å²) in [6.45, 7) is 0.841. The molecule has 1 aliphatic heterocycles. The number of alkyl halides is 2. The van der Waals surface area contributed by atoms with Crippen molar-refractivity contribution in [3.8, 4) is 16.8 Å². The summed E-state index contributed by atoms with van der Waals surface area (Å²) in [7, 11) is -3.26. The first kappa shape index (κ1) is 27.7. The first-order valence-electron chi connectivity index (χ1n) is 11.8. The maximum atomic E-state index is 13.4. The van der Waals surface area contributed by atoms with Gasteiger partial charge in [-0.05, 0) is 25.0 Å². The monoisotopic (exact) mass is 601 g/mol. The van der Waals surface area contributed by atoms with E-state index in [2.05, 4.69) is 20.0 Å². The van der Waals surface area contributed by atoms with E-state index in [0.29, 0.717) is 40.8 Å². The van der Waals surface area contributed by atoms with Crippen molar-refractivity contribution in [1.82, 2.24) is 33.3 Å². The molecule has 0 bridgehead atoms. The number of hydrogen-bond donors (Lipinski definition) is 1. The highest BCUT2D eigenvalue weighted by atomic mass is 32.2. The molecule has 0 atom stereocenters. The molecule has 3 aromatic rings. The average Bonchev–Trinajstić information content (AvgIpc) is 3.31. The molecule has 13 nitrogen and oxygen atoms in total.